The monoisotopic (exact) mass is 413 g/mol. The Morgan fingerprint density at radius 3 is 2.34 bits per heavy atom. The smallest absolute Gasteiger partial charge is 0.338 e. The highest BCUT2D eigenvalue weighted by Gasteiger charge is 2.18. The second-order valence-electron chi connectivity index (χ2n) is 6.82. The summed E-state index contributed by atoms with van der Waals surface area (Å²) in [7, 11) is 0. The third-order valence-corrected chi connectivity index (χ3v) is 5.08. The molecule has 4 nitrogen and oxygen atoms in total. The van der Waals surface area contributed by atoms with Crippen molar-refractivity contribution >= 4 is 23.4 Å². The maximum Gasteiger partial charge on any atom is 0.338 e. The van der Waals surface area contributed by atoms with E-state index in [1.807, 2.05) is 18.4 Å². The third-order valence-electron chi connectivity index (χ3n) is 4.83. The molecule has 0 atom stereocenters. The number of esters is 1. The van der Waals surface area contributed by atoms with Crippen LogP contribution < -0.4 is 0 Å². The molecule has 29 heavy (non-hydrogen) atoms. The van der Waals surface area contributed by atoms with Crippen molar-refractivity contribution in [3.8, 4) is 0 Å². The van der Waals surface area contributed by atoms with E-state index in [9.17, 15) is 14.0 Å². The van der Waals surface area contributed by atoms with Gasteiger partial charge < -0.3 is 9.30 Å². The normalized spacial score (nSPS) is 10.8. The fourth-order valence-electron chi connectivity index (χ4n) is 3.20. The summed E-state index contributed by atoms with van der Waals surface area (Å²) in [6, 6.07) is 14.5. The summed E-state index contributed by atoms with van der Waals surface area (Å²) in [6.45, 7) is 4.13. The number of nitrogens with zero attached hydrogens (tertiary/aromatic N) is 1. The molecule has 0 aliphatic heterocycles. The minimum absolute atomic E-state index is 0.256. The summed E-state index contributed by atoms with van der Waals surface area (Å²) in [5, 5.41) is 0.519. The SMILES string of the molecule is Cc1cc(C(=O)COC(=O)c2ccc(Cl)cc2)c(C)n1CCc1ccc(F)cc1. The van der Waals surface area contributed by atoms with Crippen LogP contribution in [0.25, 0.3) is 0 Å². The van der Waals surface area contributed by atoms with Crippen LogP contribution in [0.1, 0.15) is 37.7 Å². The number of Topliss-reactive ketones (excluding diaryl/α,β-unsaturated/α-hetero) is 1. The highest BCUT2D eigenvalue weighted by molar-refractivity contribution is 6.30. The lowest BCUT2D eigenvalue weighted by Crippen LogP contribution is -2.15. The summed E-state index contributed by atoms with van der Waals surface area (Å²) < 4.78 is 20.2. The van der Waals surface area contributed by atoms with Crippen LogP contribution in [0.4, 0.5) is 4.39 Å². The van der Waals surface area contributed by atoms with Crippen molar-refractivity contribution in [3.05, 3.63) is 93.5 Å². The summed E-state index contributed by atoms with van der Waals surface area (Å²) in [5.41, 5.74) is 3.65. The maximum absolute atomic E-state index is 13.0. The standard InChI is InChI=1S/C23H21ClFNO3/c1-15-13-21(16(2)26(15)12-11-17-3-9-20(25)10-4-17)22(27)14-29-23(28)18-5-7-19(24)8-6-18/h3-10,13H,11-12,14H2,1-2H3. The molecule has 0 unspecified atom stereocenters. The molecule has 3 aromatic rings. The van der Waals surface area contributed by atoms with Crippen molar-refractivity contribution in [3.63, 3.8) is 0 Å². The van der Waals surface area contributed by atoms with Crippen LogP contribution >= 0.6 is 11.6 Å². The second-order valence-corrected chi connectivity index (χ2v) is 7.26. The minimum Gasteiger partial charge on any atom is -0.454 e. The summed E-state index contributed by atoms with van der Waals surface area (Å²) in [4.78, 5) is 24.7. The number of halogens is 2. The van der Waals surface area contributed by atoms with Crippen molar-refractivity contribution in [2.75, 3.05) is 6.61 Å². The number of benzene rings is 2. The molecule has 0 amide bonds. The molecular formula is C23H21ClFNO3. The molecule has 1 aromatic heterocycles. The van der Waals surface area contributed by atoms with Crippen LogP contribution in [0.3, 0.4) is 0 Å². The van der Waals surface area contributed by atoms with Crippen LogP contribution in [0, 0.1) is 19.7 Å². The zero-order valence-electron chi connectivity index (χ0n) is 16.2. The second kappa shape index (κ2) is 9.05. The molecule has 0 bridgehead atoms. The molecular weight excluding hydrogens is 393 g/mol. The zero-order chi connectivity index (χ0) is 21.0. The lowest BCUT2D eigenvalue weighted by Gasteiger charge is -2.10. The van der Waals surface area contributed by atoms with E-state index in [1.165, 1.54) is 12.1 Å². The lowest BCUT2D eigenvalue weighted by molar-refractivity contribution is 0.0474. The van der Waals surface area contributed by atoms with E-state index in [1.54, 1.807) is 42.5 Å². The van der Waals surface area contributed by atoms with Gasteiger partial charge in [-0.2, -0.15) is 0 Å². The van der Waals surface area contributed by atoms with Gasteiger partial charge in [0.2, 0.25) is 5.78 Å². The van der Waals surface area contributed by atoms with Gasteiger partial charge >= 0.3 is 5.97 Å². The van der Waals surface area contributed by atoms with Crippen molar-refractivity contribution < 1.29 is 18.7 Å². The molecule has 0 fully saturated rings. The predicted molar refractivity (Wildman–Crippen MR) is 110 cm³/mol. The molecule has 2 aromatic carbocycles. The van der Waals surface area contributed by atoms with Crippen LogP contribution in [-0.2, 0) is 17.7 Å². The summed E-state index contributed by atoms with van der Waals surface area (Å²) >= 11 is 5.80. The molecule has 0 radical (unpaired) electrons. The molecule has 3 rings (SSSR count). The number of rotatable bonds is 7. The lowest BCUT2D eigenvalue weighted by atomic mass is 10.1. The fraction of sp³-hybridized carbons (Fsp3) is 0.217. The Labute approximate surface area is 173 Å². The Hall–Kier alpha value is -2.92. The predicted octanol–water partition coefficient (Wildman–Crippen LogP) is 5.18. The first-order chi connectivity index (χ1) is 13.8. The first-order valence-corrected chi connectivity index (χ1v) is 9.60. The topological polar surface area (TPSA) is 48.3 Å². The van der Waals surface area contributed by atoms with Gasteiger partial charge in [-0.3, -0.25) is 4.79 Å². The maximum atomic E-state index is 13.0. The number of hydrogen-bond acceptors (Lipinski definition) is 3. The number of carbonyl (C=O) groups is 2. The van der Waals surface area contributed by atoms with Crippen LogP contribution in [0.2, 0.25) is 5.02 Å². The van der Waals surface area contributed by atoms with Crippen molar-refractivity contribution in [2.45, 2.75) is 26.8 Å². The number of ether oxygens (including phenoxy) is 1. The highest BCUT2D eigenvalue weighted by atomic mass is 35.5. The minimum atomic E-state index is -0.569. The van der Waals surface area contributed by atoms with E-state index in [4.69, 9.17) is 16.3 Å². The van der Waals surface area contributed by atoms with Gasteiger partial charge in [-0.1, -0.05) is 23.7 Å². The van der Waals surface area contributed by atoms with Gasteiger partial charge in [-0.05, 0) is 68.3 Å². The Morgan fingerprint density at radius 1 is 1.03 bits per heavy atom. The third kappa shape index (κ3) is 5.12. The van der Waals surface area contributed by atoms with E-state index in [0.29, 0.717) is 22.7 Å². The first kappa shape index (κ1) is 20.8. The van der Waals surface area contributed by atoms with E-state index >= 15 is 0 Å². The van der Waals surface area contributed by atoms with Gasteiger partial charge in [0.05, 0.1) is 5.56 Å². The molecule has 0 spiro atoms. The number of carbonyl (C=O) groups excluding carboxylic acids is 2. The number of ketones is 1. The Balaban J connectivity index is 1.63. The van der Waals surface area contributed by atoms with Crippen LogP contribution in [-0.4, -0.2) is 22.9 Å². The highest BCUT2D eigenvalue weighted by Crippen LogP contribution is 2.18. The van der Waals surface area contributed by atoms with Gasteiger partial charge in [0.15, 0.2) is 6.61 Å². The molecule has 0 saturated carbocycles. The summed E-state index contributed by atoms with van der Waals surface area (Å²) in [5.74, 6) is -1.09. The van der Waals surface area contributed by atoms with Gasteiger partial charge in [0, 0.05) is 28.5 Å². The van der Waals surface area contributed by atoms with Crippen LogP contribution in [0.15, 0.2) is 54.6 Å². The number of hydrogen-bond donors (Lipinski definition) is 0. The fourth-order valence-corrected chi connectivity index (χ4v) is 3.32. The van der Waals surface area contributed by atoms with E-state index in [-0.39, 0.29) is 18.2 Å². The molecule has 0 saturated heterocycles. The number of aromatic nitrogens is 1. The molecule has 0 aliphatic rings. The Kier molecular flexibility index (Phi) is 6.49. The van der Waals surface area contributed by atoms with E-state index in [0.717, 1.165) is 23.4 Å². The zero-order valence-corrected chi connectivity index (χ0v) is 17.0. The Bertz CT molecular complexity index is 1020. The van der Waals surface area contributed by atoms with E-state index in [2.05, 4.69) is 0 Å². The average molecular weight is 414 g/mol. The number of aryl methyl sites for hydroxylation is 2. The quantitative estimate of drug-likeness (QED) is 0.396. The molecule has 0 N–H and O–H groups in total. The first-order valence-electron chi connectivity index (χ1n) is 9.22. The molecule has 1 heterocycles. The average Bonchev–Trinajstić information content (AvgIpc) is 3.00. The van der Waals surface area contributed by atoms with Gasteiger partial charge in [0.25, 0.3) is 0 Å². The van der Waals surface area contributed by atoms with Crippen molar-refractivity contribution in [1.29, 1.82) is 0 Å². The van der Waals surface area contributed by atoms with Gasteiger partial charge in [-0.15, -0.1) is 0 Å². The van der Waals surface area contributed by atoms with Gasteiger partial charge in [0.1, 0.15) is 5.82 Å². The van der Waals surface area contributed by atoms with Gasteiger partial charge in [-0.25, -0.2) is 9.18 Å². The van der Waals surface area contributed by atoms with E-state index < -0.39 is 5.97 Å². The van der Waals surface area contributed by atoms with Crippen molar-refractivity contribution in [1.82, 2.24) is 4.57 Å². The molecule has 0 aliphatic carbocycles. The van der Waals surface area contributed by atoms with Crippen molar-refractivity contribution in [2.24, 2.45) is 0 Å². The van der Waals surface area contributed by atoms with Crippen LogP contribution in [0.5, 0.6) is 0 Å². The molecule has 150 valence electrons. The molecule has 6 heteroatoms. The summed E-state index contributed by atoms with van der Waals surface area (Å²) in [6.07, 6.45) is 0.718. The Morgan fingerprint density at radius 2 is 1.69 bits per heavy atom. The largest absolute Gasteiger partial charge is 0.454 e.